The Morgan fingerprint density at radius 2 is 1.92 bits per heavy atom. The molecule has 4 aliphatic carbocycles. The van der Waals surface area contributed by atoms with Crippen LogP contribution < -0.4 is 10.9 Å². The molecule has 142 valence electrons. The van der Waals surface area contributed by atoms with Crippen molar-refractivity contribution in [3.8, 4) is 0 Å². The predicted octanol–water partition coefficient (Wildman–Crippen LogP) is 4.46. The molecule has 0 radical (unpaired) electrons. The van der Waals surface area contributed by atoms with E-state index in [9.17, 15) is 22.8 Å². The summed E-state index contributed by atoms with van der Waals surface area (Å²) in [5.41, 5.74) is -2.16. The molecule has 2 atom stereocenters. The quantitative estimate of drug-likeness (QED) is 0.692. The van der Waals surface area contributed by atoms with Crippen LogP contribution in [0, 0.1) is 17.3 Å². The maximum absolute atomic E-state index is 12.8. The summed E-state index contributed by atoms with van der Waals surface area (Å²) in [7, 11) is 0. The smallest absolute Gasteiger partial charge is 0.327 e. The molecule has 0 aliphatic heterocycles. The van der Waals surface area contributed by atoms with Crippen molar-refractivity contribution in [2.24, 2.45) is 17.3 Å². The van der Waals surface area contributed by atoms with Gasteiger partial charge >= 0.3 is 6.18 Å². The summed E-state index contributed by atoms with van der Waals surface area (Å²) in [4.78, 5) is 26.4. The van der Waals surface area contributed by atoms with Gasteiger partial charge in [0.05, 0.1) is 5.56 Å². The third-order valence-electron chi connectivity index (χ3n) is 6.15. The molecule has 1 heterocycles. The first-order valence-electron chi connectivity index (χ1n) is 8.85. The number of aromatic nitrogens is 1. The third kappa shape index (κ3) is 3.32. The summed E-state index contributed by atoms with van der Waals surface area (Å²) in [5, 5.41) is 2.41. The monoisotopic (exact) mass is 432 g/mol. The number of anilines is 1. The molecule has 2 N–H and O–H groups in total. The van der Waals surface area contributed by atoms with Crippen LogP contribution in [-0.4, -0.2) is 15.2 Å². The van der Waals surface area contributed by atoms with Gasteiger partial charge in [0, 0.05) is 16.9 Å². The van der Waals surface area contributed by atoms with Crippen molar-refractivity contribution >= 4 is 27.5 Å². The van der Waals surface area contributed by atoms with E-state index in [0.29, 0.717) is 24.1 Å². The van der Waals surface area contributed by atoms with Crippen LogP contribution in [0.1, 0.15) is 50.5 Å². The topological polar surface area (TPSA) is 62.0 Å². The average Bonchev–Trinajstić information content (AvgIpc) is 2.45. The van der Waals surface area contributed by atoms with Gasteiger partial charge < -0.3 is 10.3 Å². The van der Waals surface area contributed by atoms with Gasteiger partial charge in [0.2, 0.25) is 5.91 Å². The van der Waals surface area contributed by atoms with E-state index in [1.165, 1.54) is 6.42 Å². The van der Waals surface area contributed by atoms with Gasteiger partial charge in [-0.2, -0.15) is 13.2 Å². The Hall–Kier alpha value is -1.31. The number of nitrogens with one attached hydrogen (secondary N) is 2. The van der Waals surface area contributed by atoms with Gasteiger partial charge in [0.15, 0.2) is 0 Å². The van der Waals surface area contributed by atoms with Gasteiger partial charge in [-0.3, -0.25) is 9.59 Å². The number of H-pyrrole nitrogens is 1. The van der Waals surface area contributed by atoms with Crippen molar-refractivity contribution in [2.75, 3.05) is 5.32 Å². The number of carbonyl (C=O) groups is 1. The fourth-order valence-corrected chi connectivity index (χ4v) is 7.33. The lowest BCUT2D eigenvalue weighted by Gasteiger charge is -2.60. The standard InChI is InChI=1S/C18H20BrF3N2O2/c19-17-5-10-1-11(6-17)4-16(3-10,9-17)7-14(25)24-13-2-12(18(20,21)22)8-23-15(13)26/h2,8,10-11H,1,3-7,9H2,(H,23,26)(H,24,25). The molecule has 1 aromatic heterocycles. The summed E-state index contributed by atoms with van der Waals surface area (Å²) in [6, 6.07) is 0.697. The Balaban J connectivity index is 1.51. The Morgan fingerprint density at radius 1 is 1.27 bits per heavy atom. The number of hydrogen-bond donors (Lipinski definition) is 2. The molecule has 2 unspecified atom stereocenters. The minimum Gasteiger partial charge on any atom is -0.327 e. The molecule has 1 aromatic rings. The van der Waals surface area contributed by atoms with Crippen LogP contribution in [0.4, 0.5) is 18.9 Å². The molecule has 4 aliphatic rings. The fraction of sp³-hybridized carbons (Fsp3) is 0.667. The number of pyridine rings is 1. The summed E-state index contributed by atoms with van der Waals surface area (Å²) in [5.74, 6) is 0.841. The van der Waals surface area contributed by atoms with Gasteiger partial charge in [-0.25, -0.2) is 0 Å². The van der Waals surface area contributed by atoms with Crippen LogP contribution in [0.15, 0.2) is 17.1 Å². The number of aromatic amines is 1. The highest BCUT2D eigenvalue weighted by atomic mass is 79.9. The molecule has 0 saturated heterocycles. The normalized spacial score (nSPS) is 35.5. The first kappa shape index (κ1) is 18.1. The maximum atomic E-state index is 12.8. The van der Waals surface area contributed by atoms with Crippen LogP contribution in [0.2, 0.25) is 0 Å². The maximum Gasteiger partial charge on any atom is 0.417 e. The minimum absolute atomic E-state index is 0.102. The Kier molecular flexibility index (Phi) is 4.06. The number of hydrogen-bond acceptors (Lipinski definition) is 2. The van der Waals surface area contributed by atoms with E-state index in [1.54, 1.807) is 0 Å². The van der Waals surface area contributed by atoms with E-state index >= 15 is 0 Å². The Morgan fingerprint density at radius 3 is 2.50 bits per heavy atom. The van der Waals surface area contributed by atoms with Crippen molar-refractivity contribution in [3.05, 3.63) is 28.2 Å². The second kappa shape index (κ2) is 5.84. The Labute approximate surface area is 157 Å². The van der Waals surface area contributed by atoms with Gasteiger partial charge in [-0.1, -0.05) is 15.9 Å². The molecule has 0 aromatic carbocycles. The lowest BCUT2D eigenvalue weighted by atomic mass is 9.48. The van der Waals surface area contributed by atoms with Crippen molar-refractivity contribution in [2.45, 2.75) is 55.4 Å². The van der Waals surface area contributed by atoms with Crippen LogP contribution >= 0.6 is 15.9 Å². The second-order valence-corrected chi connectivity index (χ2v) is 10.1. The number of rotatable bonds is 3. The molecule has 5 rings (SSSR count). The molecule has 4 saturated carbocycles. The van der Waals surface area contributed by atoms with E-state index in [-0.39, 0.29) is 27.8 Å². The summed E-state index contributed by atoms with van der Waals surface area (Å²) < 4.78 is 38.6. The molecule has 0 spiro atoms. The van der Waals surface area contributed by atoms with Crippen LogP contribution in [0.3, 0.4) is 0 Å². The fourth-order valence-electron chi connectivity index (χ4n) is 5.82. The van der Waals surface area contributed by atoms with Crippen LogP contribution in [0.5, 0.6) is 0 Å². The van der Waals surface area contributed by atoms with E-state index in [2.05, 4.69) is 21.2 Å². The van der Waals surface area contributed by atoms with E-state index < -0.39 is 17.3 Å². The van der Waals surface area contributed by atoms with E-state index in [1.807, 2.05) is 4.98 Å². The van der Waals surface area contributed by atoms with E-state index in [4.69, 9.17) is 0 Å². The highest BCUT2D eigenvalue weighted by Crippen LogP contribution is 2.65. The molecule has 4 bridgehead atoms. The summed E-state index contributed by atoms with van der Waals surface area (Å²) >= 11 is 3.88. The van der Waals surface area contributed by atoms with Crippen molar-refractivity contribution < 1.29 is 18.0 Å². The van der Waals surface area contributed by atoms with Gasteiger partial charge in [-0.15, -0.1) is 0 Å². The molecular formula is C18H20BrF3N2O2. The zero-order chi connectivity index (χ0) is 18.7. The van der Waals surface area contributed by atoms with Gasteiger partial charge in [-0.05, 0) is 61.8 Å². The lowest BCUT2D eigenvalue weighted by molar-refractivity contribution is -0.137. The first-order chi connectivity index (χ1) is 12.1. The largest absolute Gasteiger partial charge is 0.417 e. The van der Waals surface area contributed by atoms with Gasteiger partial charge in [0.1, 0.15) is 5.69 Å². The summed E-state index contributed by atoms with van der Waals surface area (Å²) in [6.45, 7) is 0. The molecule has 26 heavy (non-hydrogen) atoms. The number of carbonyl (C=O) groups excluding carboxylic acids is 1. The predicted molar refractivity (Wildman–Crippen MR) is 94.1 cm³/mol. The second-order valence-electron chi connectivity index (χ2n) is 8.47. The number of halogens is 4. The highest BCUT2D eigenvalue weighted by molar-refractivity contribution is 9.10. The van der Waals surface area contributed by atoms with Crippen molar-refractivity contribution in [1.29, 1.82) is 0 Å². The first-order valence-corrected chi connectivity index (χ1v) is 9.64. The Bertz CT molecular complexity index is 790. The highest BCUT2D eigenvalue weighted by Gasteiger charge is 2.57. The van der Waals surface area contributed by atoms with Crippen LogP contribution in [-0.2, 0) is 11.0 Å². The molecule has 8 heteroatoms. The van der Waals surface area contributed by atoms with E-state index in [0.717, 1.165) is 32.1 Å². The number of alkyl halides is 4. The number of amides is 1. The molecule has 4 nitrogen and oxygen atoms in total. The summed E-state index contributed by atoms with van der Waals surface area (Å²) in [6.07, 6.45) is 2.68. The third-order valence-corrected chi connectivity index (χ3v) is 7.08. The van der Waals surface area contributed by atoms with Crippen molar-refractivity contribution in [1.82, 2.24) is 4.98 Å². The average molecular weight is 433 g/mol. The zero-order valence-electron chi connectivity index (χ0n) is 14.1. The SMILES string of the molecule is O=C(CC12CC3CC(CC(Br)(C3)C1)C2)Nc1cc(C(F)(F)F)c[nH]c1=O. The minimum atomic E-state index is -4.58. The lowest BCUT2D eigenvalue weighted by Crippen LogP contribution is -2.53. The van der Waals surface area contributed by atoms with Crippen molar-refractivity contribution in [3.63, 3.8) is 0 Å². The zero-order valence-corrected chi connectivity index (χ0v) is 15.7. The molecular weight excluding hydrogens is 413 g/mol. The van der Waals surface area contributed by atoms with Gasteiger partial charge in [0.25, 0.3) is 5.56 Å². The molecule has 1 amide bonds. The van der Waals surface area contributed by atoms with Crippen LogP contribution in [0.25, 0.3) is 0 Å². The molecule has 4 fully saturated rings.